The summed E-state index contributed by atoms with van der Waals surface area (Å²) in [6.45, 7) is 3.20. The van der Waals surface area contributed by atoms with E-state index in [-0.39, 0.29) is 23.5 Å². The zero-order chi connectivity index (χ0) is 17.8. The molecule has 3 rings (SSSR count). The summed E-state index contributed by atoms with van der Waals surface area (Å²) in [5, 5.41) is 20.0. The van der Waals surface area contributed by atoms with Gasteiger partial charge in [-0.05, 0) is 38.0 Å². The van der Waals surface area contributed by atoms with Gasteiger partial charge in [-0.15, -0.1) is 0 Å². The molecule has 1 amide bonds. The number of nitrogens with zero attached hydrogens (tertiary/aromatic N) is 1. The molecule has 2 aromatic rings. The van der Waals surface area contributed by atoms with Gasteiger partial charge in [0.15, 0.2) is 0 Å². The molecule has 0 bridgehead atoms. The number of phenolic OH excluding ortho intramolecular Hbond substituents is 2. The number of hydrogen-bond donors (Lipinski definition) is 2. The van der Waals surface area contributed by atoms with Crippen molar-refractivity contribution < 1.29 is 19.7 Å². The van der Waals surface area contributed by atoms with Crippen molar-refractivity contribution in [2.24, 2.45) is 0 Å². The molecule has 0 saturated carbocycles. The molecule has 1 atom stereocenters. The number of para-hydroxylation sites is 1. The normalized spacial score (nSPS) is 16.8. The van der Waals surface area contributed by atoms with Gasteiger partial charge in [-0.3, -0.25) is 4.79 Å². The molecule has 2 aromatic carbocycles. The Balaban J connectivity index is 1.88. The number of amides is 1. The standard InChI is InChI=1S/C20H23NO4/c1-14-17(8-4-10-18(14)22)20(24)21(13-16-7-5-11-25-16)12-15-6-2-3-9-19(15)23/h2-4,6,8-10,16,22-23H,5,7,11-13H2,1H3. The van der Waals surface area contributed by atoms with Crippen LogP contribution in [0.15, 0.2) is 42.5 Å². The molecule has 1 unspecified atom stereocenters. The topological polar surface area (TPSA) is 70.0 Å². The van der Waals surface area contributed by atoms with Crippen molar-refractivity contribution in [3.63, 3.8) is 0 Å². The van der Waals surface area contributed by atoms with E-state index < -0.39 is 0 Å². The Morgan fingerprint density at radius 2 is 1.92 bits per heavy atom. The fourth-order valence-electron chi connectivity index (χ4n) is 3.13. The summed E-state index contributed by atoms with van der Waals surface area (Å²) in [6, 6.07) is 12.0. The maximum atomic E-state index is 13.1. The predicted molar refractivity (Wildman–Crippen MR) is 94.7 cm³/mol. The Labute approximate surface area is 147 Å². The van der Waals surface area contributed by atoms with Crippen LogP contribution >= 0.6 is 0 Å². The molecule has 1 fully saturated rings. The molecule has 132 valence electrons. The fraction of sp³-hybridized carbons (Fsp3) is 0.350. The van der Waals surface area contributed by atoms with E-state index in [1.165, 1.54) is 0 Å². The van der Waals surface area contributed by atoms with Crippen molar-refractivity contribution in [3.05, 3.63) is 59.2 Å². The second-order valence-corrected chi connectivity index (χ2v) is 6.40. The minimum absolute atomic E-state index is 0.00687. The first kappa shape index (κ1) is 17.3. The van der Waals surface area contributed by atoms with Crippen LogP contribution in [0.25, 0.3) is 0 Å². The number of hydrogen-bond acceptors (Lipinski definition) is 4. The maximum Gasteiger partial charge on any atom is 0.254 e. The van der Waals surface area contributed by atoms with Crippen LogP contribution in [0.1, 0.15) is 34.3 Å². The quantitative estimate of drug-likeness (QED) is 0.876. The lowest BCUT2D eigenvalue weighted by Crippen LogP contribution is -2.37. The van der Waals surface area contributed by atoms with Gasteiger partial charge in [0.05, 0.1) is 6.10 Å². The van der Waals surface area contributed by atoms with E-state index in [1.54, 1.807) is 48.2 Å². The van der Waals surface area contributed by atoms with Gasteiger partial charge in [-0.1, -0.05) is 24.3 Å². The van der Waals surface area contributed by atoms with Gasteiger partial charge in [0.25, 0.3) is 5.91 Å². The summed E-state index contributed by atoms with van der Waals surface area (Å²) in [5.41, 5.74) is 1.71. The number of carbonyl (C=O) groups is 1. The van der Waals surface area contributed by atoms with Crippen molar-refractivity contribution in [2.75, 3.05) is 13.2 Å². The average Bonchev–Trinajstić information content (AvgIpc) is 3.11. The molecule has 1 heterocycles. The highest BCUT2D eigenvalue weighted by Gasteiger charge is 2.25. The third kappa shape index (κ3) is 3.94. The first-order chi connectivity index (χ1) is 12.1. The largest absolute Gasteiger partial charge is 0.508 e. The van der Waals surface area contributed by atoms with Gasteiger partial charge >= 0.3 is 0 Å². The van der Waals surface area contributed by atoms with Crippen LogP contribution in [0.4, 0.5) is 0 Å². The Kier molecular flexibility index (Phi) is 5.24. The SMILES string of the molecule is Cc1c(O)cccc1C(=O)N(Cc1ccccc1O)CC1CCCO1. The molecule has 1 aliphatic rings. The van der Waals surface area contributed by atoms with Gasteiger partial charge in [0, 0.05) is 36.4 Å². The number of aromatic hydroxyl groups is 2. The number of ether oxygens (including phenoxy) is 1. The van der Waals surface area contributed by atoms with E-state index in [0.717, 1.165) is 12.8 Å². The minimum Gasteiger partial charge on any atom is -0.508 e. The highest BCUT2D eigenvalue weighted by Crippen LogP contribution is 2.25. The average molecular weight is 341 g/mol. The summed E-state index contributed by atoms with van der Waals surface area (Å²) >= 11 is 0. The first-order valence-corrected chi connectivity index (χ1v) is 8.52. The van der Waals surface area contributed by atoms with Crippen LogP contribution in [0, 0.1) is 6.92 Å². The molecular weight excluding hydrogens is 318 g/mol. The number of carbonyl (C=O) groups excluding carboxylic acids is 1. The van der Waals surface area contributed by atoms with Crippen molar-refractivity contribution in [1.82, 2.24) is 4.90 Å². The summed E-state index contributed by atoms with van der Waals surface area (Å²) in [6.07, 6.45) is 1.92. The Morgan fingerprint density at radius 3 is 2.64 bits per heavy atom. The predicted octanol–water partition coefficient (Wildman–Crippen LogP) is 3.23. The molecule has 0 spiro atoms. The van der Waals surface area contributed by atoms with Crippen LogP contribution < -0.4 is 0 Å². The zero-order valence-electron chi connectivity index (χ0n) is 14.3. The monoisotopic (exact) mass is 341 g/mol. The molecule has 1 saturated heterocycles. The third-order valence-electron chi connectivity index (χ3n) is 4.62. The Hall–Kier alpha value is -2.53. The van der Waals surface area contributed by atoms with Gasteiger partial charge in [-0.2, -0.15) is 0 Å². The van der Waals surface area contributed by atoms with Crippen LogP contribution in [0.3, 0.4) is 0 Å². The molecule has 2 N–H and O–H groups in total. The fourth-order valence-corrected chi connectivity index (χ4v) is 3.13. The van der Waals surface area contributed by atoms with E-state index in [4.69, 9.17) is 4.74 Å². The lowest BCUT2D eigenvalue weighted by atomic mass is 10.1. The van der Waals surface area contributed by atoms with Crippen LogP contribution in [-0.4, -0.2) is 40.3 Å². The molecule has 5 heteroatoms. The Morgan fingerprint density at radius 1 is 1.16 bits per heavy atom. The molecule has 0 radical (unpaired) electrons. The van der Waals surface area contributed by atoms with Gasteiger partial charge in [0.1, 0.15) is 11.5 Å². The number of phenols is 2. The van der Waals surface area contributed by atoms with Crippen molar-refractivity contribution in [2.45, 2.75) is 32.4 Å². The summed E-state index contributed by atoms with van der Waals surface area (Å²) < 4.78 is 5.69. The van der Waals surface area contributed by atoms with E-state index in [1.807, 2.05) is 6.07 Å². The molecule has 25 heavy (non-hydrogen) atoms. The van der Waals surface area contributed by atoms with Gasteiger partial charge in [0.2, 0.25) is 0 Å². The Bertz CT molecular complexity index is 753. The smallest absolute Gasteiger partial charge is 0.254 e. The molecule has 5 nitrogen and oxygen atoms in total. The summed E-state index contributed by atoms with van der Waals surface area (Å²) in [4.78, 5) is 14.8. The number of rotatable bonds is 5. The van der Waals surface area contributed by atoms with Crippen LogP contribution in [-0.2, 0) is 11.3 Å². The van der Waals surface area contributed by atoms with Gasteiger partial charge < -0.3 is 19.8 Å². The number of benzene rings is 2. The van der Waals surface area contributed by atoms with E-state index in [2.05, 4.69) is 0 Å². The summed E-state index contributed by atoms with van der Waals surface area (Å²) in [7, 11) is 0. The van der Waals surface area contributed by atoms with Crippen LogP contribution in [0.5, 0.6) is 11.5 Å². The van der Waals surface area contributed by atoms with Crippen molar-refractivity contribution in [1.29, 1.82) is 0 Å². The second kappa shape index (κ2) is 7.57. The van der Waals surface area contributed by atoms with E-state index >= 15 is 0 Å². The third-order valence-corrected chi connectivity index (χ3v) is 4.62. The minimum atomic E-state index is -0.174. The molecule has 0 aromatic heterocycles. The maximum absolute atomic E-state index is 13.1. The first-order valence-electron chi connectivity index (χ1n) is 8.52. The second-order valence-electron chi connectivity index (χ2n) is 6.40. The highest BCUT2D eigenvalue weighted by atomic mass is 16.5. The van der Waals surface area contributed by atoms with Crippen LogP contribution in [0.2, 0.25) is 0 Å². The van der Waals surface area contributed by atoms with E-state index in [9.17, 15) is 15.0 Å². The molecule has 0 aliphatic carbocycles. The lowest BCUT2D eigenvalue weighted by molar-refractivity contribution is 0.0505. The lowest BCUT2D eigenvalue weighted by Gasteiger charge is -2.26. The van der Waals surface area contributed by atoms with Crippen molar-refractivity contribution >= 4 is 5.91 Å². The van der Waals surface area contributed by atoms with Crippen molar-refractivity contribution in [3.8, 4) is 11.5 Å². The highest BCUT2D eigenvalue weighted by molar-refractivity contribution is 5.96. The zero-order valence-corrected chi connectivity index (χ0v) is 14.3. The molecule has 1 aliphatic heterocycles. The summed E-state index contributed by atoms with van der Waals surface area (Å²) in [5.74, 6) is 0.0953. The molecular formula is C20H23NO4. The van der Waals surface area contributed by atoms with Gasteiger partial charge in [-0.25, -0.2) is 0 Å². The van der Waals surface area contributed by atoms with E-state index in [0.29, 0.717) is 36.4 Å².